The number of hydrogen-bond donors (Lipinski definition) is 1. The van der Waals surface area contributed by atoms with Crippen LogP contribution in [0.4, 0.5) is 0 Å². The minimum absolute atomic E-state index is 0.360. The Morgan fingerprint density at radius 3 is 2.22 bits per heavy atom. The first-order valence-corrected chi connectivity index (χ1v) is 3.26. The van der Waals surface area contributed by atoms with Gasteiger partial charge in [0, 0.05) is 13.7 Å². The van der Waals surface area contributed by atoms with Crippen LogP contribution < -0.4 is 5.32 Å². The van der Waals surface area contributed by atoms with Crippen molar-refractivity contribution in [3.05, 3.63) is 0 Å². The maximum absolute atomic E-state index is 4.83. The van der Waals surface area contributed by atoms with Crippen molar-refractivity contribution in [2.45, 2.75) is 20.8 Å². The third kappa shape index (κ3) is 7.92. The van der Waals surface area contributed by atoms with E-state index in [9.17, 15) is 0 Å². The molecule has 1 N–H and O–H groups in total. The minimum atomic E-state index is 0.360. The van der Waals surface area contributed by atoms with E-state index in [4.69, 9.17) is 4.74 Å². The molecule has 9 heavy (non-hydrogen) atoms. The zero-order valence-corrected chi connectivity index (χ0v) is 6.82. The van der Waals surface area contributed by atoms with Crippen molar-refractivity contribution < 1.29 is 4.74 Å². The Balaban J connectivity index is 3.07. The summed E-state index contributed by atoms with van der Waals surface area (Å²) >= 11 is 0. The van der Waals surface area contributed by atoms with Gasteiger partial charge < -0.3 is 4.74 Å². The summed E-state index contributed by atoms with van der Waals surface area (Å²) in [5.41, 5.74) is 0.360. The molecule has 0 saturated carbocycles. The second kappa shape index (κ2) is 3.85. The molecule has 56 valence electrons. The van der Waals surface area contributed by atoms with Crippen LogP contribution in [0.15, 0.2) is 0 Å². The molecular weight excluding hydrogens is 114 g/mol. The maximum atomic E-state index is 4.83. The summed E-state index contributed by atoms with van der Waals surface area (Å²) in [5, 5.41) is 3.15. The molecule has 2 heteroatoms. The van der Waals surface area contributed by atoms with Crippen LogP contribution in [0.1, 0.15) is 20.8 Å². The largest absolute Gasteiger partial charge is 0.370 e. The summed E-state index contributed by atoms with van der Waals surface area (Å²) in [6.07, 6.45) is 0. The monoisotopic (exact) mass is 131 g/mol. The molecule has 0 aromatic carbocycles. The Kier molecular flexibility index (Phi) is 3.82. The number of rotatable bonds is 3. The second-order valence-corrected chi connectivity index (χ2v) is 3.42. The van der Waals surface area contributed by atoms with Crippen molar-refractivity contribution >= 4 is 0 Å². The van der Waals surface area contributed by atoms with Crippen LogP contribution in [-0.4, -0.2) is 20.4 Å². The zero-order valence-electron chi connectivity index (χ0n) is 6.82. The first kappa shape index (κ1) is 8.92. The van der Waals surface area contributed by atoms with Gasteiger partial charge in [0.15, 0.2) is 0 Å². The van der Waals surface area contributed by atoms with Gasteiger partial charge in [-0.05, 0) is 5.41 Å². The summed E-state index contributed by atoms with van der Waals surface area (Å²) in [6.45, 7) is 8.22. The maximum Gasteiger partial charge on any atom is 0.0961 e. The highest BCUT2D eigenvalue weighted by Gasteiger charge is 2.07. The highest BCUT2D eigenvalue weighted by atomic mass is 16.5. The van der Waals surface area contributed by atoms with Crippen molar-refractivity contribution in [1.29, 1.82) is 0 Å². The van der Waals surface area contributed by atoms with Gasteiger partial charge in [0.25, 0.3) is 0 Å². The molecule has 0 radical (unpaired) electrons. The molecule has 0 aromatic rings. The average Bonchev–Trinajstić information content (AvgIpc) is 1.63. The Labute approximate surface area is 57.6 Å². The molecule has 0 atom stereocenters. The summed E-state index contributed by atoms with van der Waals surface area (Å²) in [6, 6.07) is 0. The summed E-state index contributed by atoms with van der Waals surface area (Å²) < 4.78 is 4.83. The normalized spacial score (nSPS) is 12.0. The summed E-state index contributed by atoms with van der Waals surface area (Å²) in [4.78, 5) is 0. The van der Waals surface area contributed by atoms with Crippen molar-refractivity contribution in [1.82, 2.24) is 5.32 Å². The van der Waals surface area contributed by atoms with Crippen LogP contribution in [0.2, 0.25) is 0 Å². The first-order valence-electron chi connectivity index (χ1n) is 3.26. The Morgan fingerprint density at radius 2 is 1.89 bits per heavy atom. The standard InChI is InChI=1S/C7H17NO/c1-7(2,3)5-8-6-9-4/h8H,5-6H2,1-4H3. The zero-order chi connectivity index (χ0) is 7.33. The van der Waals surface area contributed by atoms with Gasteiger partial charge in [0.1, 0.15) is 0 Å². The van der Waals surface area contributed by atoms with E-state index in [0.29, 0.717) is 12.1 Å². The van der Waals surface area contributed by atoms with Gasteiger partial charge >= 0.3 is 0 Å². The lowest BCUT2D eigenvalue weighted by Crippen LogP contribution is -2.28. The molecule has 0 aliphatic heterocycles. The third-order valence-electron chi connectivity index (χ3n) is 0.902. The van der Waals surface area contributed by atoms with Gasteiger partial charge in [-0.25, -0.2) is 0 Å². The number of hydrogen-bond acceptors (Lipinski definition) is 2. The average molecular weight is 131 g/mol. The quantitative estimate of drug-likeness (QED) is 0.459. The molecule has 0 rings (SSSR count). The van der Waals surface area contributed by atoms with Crippen LogP contribution >= 0.6 is 0 Å². The van der Waals surface area contributed by atoms with Crippen LogP contribution in [0.25, 0.3) is 0 Å². The van der Waals surface area contributed by atoms with Crippen molar-refractivity contribution in [2.75, 3.05) is 20.4 Å². The molecule has 0 aliphatic carbocycles. The molecule has 0 amide bonds. The van der Waals surface area contributed by atoms with Crippen molar-refractivity contribution in [3.63, 3.8) is 0 Å². The van der Waals surface area contributed by atoms with E-state index in [1.54, 1.807) is 7.11 Å². The van der Waals surface area contributed by atoms with Crippen LogP contribution in [0.5, 0.6) is 0 Å². The molecule has 0 unspecified atom stereocenters. The Hall–Kier alpha value is -0.0800. The Morgan fingerprint density at radius 1 is 1.33 bits per heavy atom. The first-order chi connectivity index (χ1) is 4.06. The lowest BCUT2D eigenvalue weighted by atomic mass is 9.97. The Bertz CT molecular complexity index is 65.8. The van der Waals surface area contributed by atoms with Crippen LogP contribution in [0, 0.1) is 5.41 Å². The SMILES string of the molecule is COCNCC(C)(C)C. The van der Waals surface area contributed by atoms with Gasteiger partial charge in [-0.3, -0.25) is 5.32 Å². The topological polar surface area (TPSA) is 21.3 Å². The fourth-order valence-electron chi connectivity index (χ4n) is 0.528. The van der Waals surface area contributed by atoms with E-state index >= 15 is 0 Å². The van der Waals surface area contributed by atoms with E-state index in [2.05, 4.69) is 26.1 Å². The van der Waals surface area contributed by atoms with E-state index in [0.717, 1.165) is 6.54 Å². The number of nitrogens with one attached hydrogen (secondary N) is 1. The van der Waals surface area contributed by atoms with Gasteiger partial charge in [-0.15, -0.1) is 0 Å². The molecule has 0 heterocycles. The van der Waals surface area contributed by atoms with E-state index in [1.165, 1.54) is 0 Å². The van der Waals surface area contributed by atoms with Gasteiger partial charge in [-0.1, -0.05) is 20.8 Å². The molecule has 0 bridgehead atoms. The fourth-order valence-corrected chi connectivity index (χ4v) is 0.528. The van der Waals surface area contributed by atoms with Gasteiger partial charge in [0.2, 0.25) is 0 Å². The lowest BCUT2D eigenvalue weighted by molar-refractivity contribution is 0.163. The fraction of sp³-hybridized carbons (Fsp3) is 1.00. The molecule has 0 fully saturated rings. The number of ether oxygens (including phenoxy) is 1. The second-order valence-electron chi connectivity index (χ2n) is 3.42. The number of methoxy groups -OCH3 is 1. The third-order valence-corrected chi connectivity index (χ3v) is 0.902. The highest BCUT2D eigenvalue weighted by molar-refractivity contribution is 4.62. The lowest BCUT2D eigenvalue weighted by Gasteiger charge is -2.17. The molecular formula is C7H17NO. The van der Waals surface area contributed by atoms with E-state index < -0.39 is 0 Å². The van der Waals surface area contributed by atoms with Crippen LogP contribution in [-0.2, 0) is 4.74 Å². The predicted octanol–water partition coefficient (Wildman–Crippen LogP) is 1.23. The molecule has 0 spiro atoms. The summed E-state index contributed by atoms with van der Waals surface area (Å²) in [7, 11) is 1.69. The molecule has 0 saturated heterocycles. The molecule has 0 aliphatic rings. The van der Waals surface area contributed by atoms with Crippen molar-refractivity contribution in [2.24, 2.45) is 5.41 Å². The van der Waals surface area contributed by atoms with Gasteiger partial charge in [0.05, 0.1) is 6.73 Å². The van der Waals surface area contributed by atoms with Gasteiger partial charge in [-0.2, -0.15) is 0 Å². The van der Waals surface area contributed by atoms with E-state index in [-0.39, 0.29) is 0 Å². The highest BCUT2D eigenvalue weighted by Crippen LogP contribution is 2.09. The molecule has 2 nitrogen and oxygen atoms in total. The summed E-state index contributed by atoms with van der Waals surface area (Å²) in [5.74, 6) is 0. The smallest absolute Gasteiger partial charge is 0.0961 e. The minimum Gasteiger partial charge on any atom is -0.370 e. The predicted molar refractivity (Wildman–Crippen MR) is 39.3 cm³/mol. The van der Waals surface area contributed by atoms with Crippen LogP contribution in [0.3, 0.4) is 0 Å². The molecule has 0 aromatic heterocycles. The van der Waals surface area contributed by atoms with Crippen molar-refractivity contribution in [3.8, 4) is 0 Å². The van der Waals surface area contributed by atoms with E-state index in [1.807, 2.05) is 0 Å².